The summed E-state index contributed by atoms with van der Waals surface area (Å²) in [5, 5.41) is 1.03. The fourth-order valence-corrected chi connectivity index (χ4v) is 2.82. The zero-order chi connectivity index (χ0) is 16.9. The molecule has 6 heteroatoms. The first-order chi connectivity index (χ1) is 11.4. The zero-order valence-corrected chi connectivity index (χ0v) is 13.8. The third-order valence-electron chi connectivity index (χ3n) is 4.11. The van der Waals surface area contributed by atoms with E-state index in [0.29, 0.717) is 16.7 Å². The number of Topliss-reactive ketones (excluding diaryl/α,β-unsaturated/α-hetero) is 1. The molecule has 0 aliphatic carbocycles. The second-order valence-corrected chi connectivity index (χ2v) is 6.91. The summed E-state index contributed by atoms with van der Waals surface area (Å²) in [6, 6.07) is 1.97. The number of hydrogen-bond acceptors (Lipinski definition) is 3. The lowest BCUT2D eigenvalue weighted by Gasteiger charge is -2.15. The van der Waals surface area contributed by atoms with E-state index in [1.54, 1.807) is 12.4 Å². The van der Waals surface area contributed by atoms with Crippen LogP contribution < -0.4 is 4.98 Å². The molecule has 4 heterocycles. The molecule has 3 N–H and O–H groups in total. The number of H-pyrrole nitrogens is 3. The lowest BCUT2D eigenvalue weighted by Crippen LogP contribution is -2.20. The molecule has 0 aliphatic rings. The summed E-state index contributed by atoms with van der Waals surface area (Å²) >= 11 is 0. The van der Waals surface area contributed by atoms with Gasteiger partial charge in [-0.25, -0.2) is 15.0 Å². The van der Waals surface area contributed by atoms with Gasteiger partial charge in [-0.15, -0.1) is 0 Å². The lowest BCUT2D eigenvalue weighted by atomic mass is 9.87. The quantitative estimate of drug-likeness (QED) is 0.556. The molecular weight excluding hydrogens is 302 g/mol. The van der Waals surface area contributed by atoms with Gasteiger partial charge in [0.1, 0.15) is 5.52 Å². The van der Waals surface area contributed by atoms with E-state index < -0.39 is 5.41 Å². The van der Waals surface area contributed by atoms with E-state index in [-0.39, 0.29) is 5.78 Å². The number of hydrogen-bond donors (Lipinski definition) is 2. The highest BCUT2D eigenvalue weighted by Crippen LogP contribution is 2.29. The summed E-state index contributed by atoms with van der Waals surface area (Å²) in [6.45, 7) is 5.71. The molecule has 6 nitrogen and oxygen atoms in total. The van der Waals surface area contributed by atoms with Gasteiger partial charge < -0.3 is 9.97 Å². The smallest absolute Gasteiger partial charge is 0.177 e. The second-order valence-electron chi connectivity index (χ2n) is 6.91. The Morgan fingerprint density at radius 1 is 1.21 bits per heavy atom. The molecular formula is C18H18N5O+. The van der Waals surface area contributed by atoms with Gasteiger partial charge in [0, 0.05) is 29.4 Å². The topological polar surface area (TPSA) is 88.6 Å². The van der Waals surface area contributed by atoms with Gasteiger partial charge in [0.15, 0.2) is 23.8 Å². The van der Waals surface area contributed by atoms with Gasteiger partial charge in [0.2, 0.25) is 0 Å². The molecule has 24 heavy (non-hydrogen) atoms. The molecule has 0 aliphatic heterocycles. The first kappa shape index (κ1) is 14.6. The maximum atomic E-state index is 12.7. The highest BCUT2D eigenvalue weighted by atomic mass is 16.1. The van der Waals surface area contributed by atoms with Crippen LogP contribution in [0.4, 0.5) is 0 Å². The van der Waals surface area contributed by atoms with E-state index in [0.717, 1.165) is 22.2 Å². The third kappa shape index (κ3) is 2.19. The number of ketones is 1. The molecule has 0 unspecified atom stereocenters. The number of nitrogens with one attached hydrogen (secondary N) is 3. The number of pyridine rings is 1. The standard InChI is InChI=1S/C18H17N5O/c1-18(2,3)16(24)12-8-21-17-15(12)23-14(9-22-17)11-7-20-13-4-5-19-6-10(11)13/h4-9,20H,1-3H3,(H,21,22)/p+1. The summed E-state index contributed by atoms with van der Waals surface area (Å²) in [4.78, 5) is 31.2. The van der Waals surface area contributed by atoms with E-state index >= 15 is 0 Å². The van der Waals surface area contributed by atoms with Gasteiger partial charge >= 0.3 is 0 Å². The summed E-state index contributed by atoms with van der Waals surface area (Å²) in [7, 11) is 0. The van der Waals surface area contributed by atoms with E-state index in [2.05, 4.69) is 19.9 Å². The SMILES string of the molecule is CC(C)(C)C(=O)c1c[nH]c2ncc(-c3c[nH]c4cc[nH+]cc34)nc12. The molecule has 0 saturated carbocycles. The Bertz CT molecular complexity index is 1070. The zero-order valence-electron chi connectivity index (χ0n) is 13.8. The molecule has 4 aromatic heterocycles. The number of rotatable bonds is 2. The molecule has 0 aromatic carbocycles. The van der Waals surface area contributed by atoms with Crippen LogP contribution >= 0.6 is 0 Å². The fraction of sp³-hybridized carbons (Fsp3) is 0.222. The number of aromatic nitrogens is 5. The molecule has 0 amide bonds. The maximum Gasteiger partial charge on any atom is 0.177 e. The van der Waals surface area contributed by atoms with Crippen LogP contribution in [0.5, 0.6) is 0 Å². The van der Waals surface area contributed by atoms with Crippen molar-refractivity contribution in [3.05, 3.63) is 42.6 Å². The van der Waals surface area contributed by atoms with E-state index in [1.165, 1.54) is 0 Å². The molecule has 0 radical (unpaired) electrons. The summed E-state index contributed by atoms with van der Waals surface area (Å²) in [6.07, 6.45) is 9.12. The van der Waals surface area contributed by atoms with Crippen molar-refractivity contribution in [1.29, 1.82) is 0 Å². The normalized spacial score (nSPS) is 12.1. The third-order valence-corrected chi connectivity index (χ3v) is 4.11. The molecule has 0 atom stereocenters. The highest BCUT2D eigenvalue weighted by molar-refractivity contribution is 6.08. The predicted octanol–water partition coefficient (Wildman–Crippen LogP) is 3.15. The van der Waals surface area contributed by atoms with Crippen LogP contribution in [0.15, 0.2) is 37.1 Å². The average Bonchev–Trinajstić information content (AvgIpc) is 3.16. The number of carbonyl (C=O) groups is 1. The van der Waals surface area contributed by atoms with Crippen molar-refractivity contribution >= 4 is 27.9 Å². The van der Waals surface area contributed by atoms with E-state index in [1.807, 2.05) is 45.4 Å². The van der Waals surface area contributed by atoms with Crippen molar-refractivity contribution in [2.24, 2.45) is 5.41 Å². The Morgan fingerprint density at radius 3 is 2.83 bits per heavy atom. The van der Waals surface area contributed by atoms with Crippen molar-refractivity contribution in [3.63, 3.8) is 0 Å². The highest BCUT2D eigenvalue weighted by Gasteiger charge is 2.26. The largest absolute Gasteiger partial charge is 0.360 e. The minimum absolute atomic E-state index is 0.0486. The van der Waals surface area contributed by atoms with Crippen LogP contribution in [0.25, 0.3) is 33.3 Å². The van der Waals surface area contributed by atoms with Crippen LogP contribution in [0.1, 0.15) is 31.1 Å². The molecule has 120 valence electrons. The summed E-state index contributed by atoms with van der Waals surface area (Å²) < 4.78 is 0. The van der Waals surface area contributed by atoms with Gasteiger partial charge in [0.25, 0.3) is 0 Å². The van der Waals surface area contributed by atoms with Crippen LogP contribution in [-0.4, -0.2) is 25.7 Å². The first-order valence-corrected chi connectivity index (χ1v) is 7.81. The van der Waals surface area contributed by atoms with Crippen LogP contribution in [0.2, 0.25) is 0 Å². The van der Waals surface area contributed by atoms with Gasteiger partial charge in [-0.3, -0.25) is 4.79 Å². The summed E-state index contributed by atoms with van der Waals surface area (Å²) in [5.74, 6) is 0.0486. The molecule has 0 fully saturated rings. The minimum Gasteiger partial charge on any atom is -0.360 e. The van der Waals surface area contributed by atoms with Gasteiger partial charge in [-0.1, -0.05) is 20.8 Å². The van der Waals surface area contributed by atoms with E-state index in [4.69, 9.17) is 4.98 Å². The predicted molar refractivity (Wildman–Crippen MR) is 91.5 cm³/mol. The van der Waals surface area contributed by atoms with Crippen LogP contribution in [-0.2, 0) is 0 Å². The lowest BCUT2D eigenvalue weighted by molar-refractivity contribution is -0.375. The van der Waals surface area contributed by atoms with Crippen molar-refractivity contribution in [1.82, 2.24) is 19.9 Å². The number of aromatic amines is 3. The van der Waals surface area contributed by atoms with Crippen LogP contribution in [0, 0.1) is 5.41 Å². The Balaban J connectivity index is 1.91. The number of carbonyl (C=O) groups excluding carboxylic acids is 1. The van der Waals surface area contributed by atoms with Crippen molar-refractivity contribution in [2.75, 3.05) is 0 Å². The fourth-order valence-electron chi connectivity index (χ4n) is 2.82. The minimum atomic E-state index is -0.470. The molecule has 4 rings (SSSR count). The summed E-state index contributed by atoms with van der Waals surface area (Å²) in [5.41, 5.74) is 4.05. The van der Waals surface area contributed by atoms with Gasteiger partial charge in [0.05, 0.1) is 28.4 Å². The molecule has 4 aromatic rings. The van der Waals surface area contributed by atoms with Crippen molar-refractivity contribution in [3.8, 4) is 11.3 Å². The number of fused-ring (bicyclic) bond motifs is 2. The van der Waals surface area contributed by atoms with Crippen LogP contribution in [0.3, 0.4) is 0 Å². The van der Waals surface area contributed by atoms with Gasteiger partial charge in [-0.05, 0) is 0 Å². The molecule has 0 bridgehead atoms. The Hall–Kier alpha value is -3.02. The Labute approximate surface area is 138 Å². The Morgan fingerprint density at radius 2 is 2.04 bits per heavy atom. The second kappa shape index (κ2) is 4.99. The monoisotopic (exact) mass is 320 g/mol. The first-order valence-electron chi connectivity index (χ1n) is 7.81. The van der Waals surface area contributed by atoms with Crippen molar-refractivity contribution in [2.45, 2.75) is 20.8 Å². The number of nitrogens with zero attached hydrogens (tertiary/aromatic N) is 2. The molecule has 0 saturated heterocycles. The van der Waals surface area contributed by atoms with E-state index in [9.17, 15) is 4.79 Å². The molecule has 0 spiro atoms. The van der Waals surface area contributed by atoms with Gasteiger partial charge in [-0.2, -0.15) is 0 Å². The average molecular weight is 320 g/mol. The maximum absolute atomic E-state index is 12.7. The van der Waals surface area contributed by atoms with Crippen molar-refractivity contribution < 1.29 is 9.78 Å². The Kier molecular flexibility index (Phi) is 3.03.